The lowest BCUT2D eigenvalue weighted by Crippen LogP contribution is -2.62. The predicted molar refractivity (Wildman–Crippen MR) is 138 cm³/mol. The summed E-state index contributed by atoms with van der Waals surface area (Å²) in [4.78, 5) is 76.8. The molecule has 0 aliphatic carbocycles. The van der Waals surface area contributed by atoms with Crippen molar-refractivity contribution in [3.8, 4) is 0 Å². The summed E-state index contributed by atoms with van der Waals surface area (Å²) in [5, 5.41) is 35.1. The Morgan fingerprint density at radius 2 is 1.33 bits per heavy atom. The molecular weight excluding hydrogens is 516 g/mol. The number of carbonyl (C=O) groups is 6. The van der Waals surface area contributed by atoms with Crippen molar-refractivity contribution >= 4 is 36.4 Å². The highest BCUT2D eigenvalue weighted by Crippen LogP contribution is 2.20. The van der Waals surface area contributed by atoms with Crippen molar-refractivity contribution in [1.82, 2.24) is 30.2 Å². The summed E-state index contributed by atoms with van der Waals surface area (Å²) >= 11 is 0. The number of hydrogen-bond acceptors (Lipinski definition) is 11. The van der Waals surface area contributed by atoms with E-state index >= 15 is 0 Å². The highest BCUT2D eigenvalue weighted by molar-refractivity contribution is 5.78. The van der Waals surface area contributed by atoms with Crippen molar-refractivity contribution in [2.45, 2.75) is 63.6 Å². The Morgan fingerprint density at radius 1 is 0.795 bits per heavy atom. The molecule has 0 aromatic rings. The normalized spacial score (nSPS) is 18.3. The van der Waals surface area contributed by atoms with Gasteiger partial charge in [-0.3, -0.25) is 38.8 Å². The number of nitrogens with zero attached hydrogens (tertiary/aromatic N) is 4. The minimum atomic E-state index is -1.23. The van der Waals surface area contributed by atoms with Gasteiger partial charge in [-0.1, -0.05) is 0 Å². The smallest absolute Gasteiger partial charge is 0.321 e. The second kappa shape index (κ2) is 18.3. The van der Waals surface area contributed by atoms with Gasteiger partial charge in [0, 0.05) is 38.4 Å². The van der Waals surface area contributed by atoms with E-state index in [0.717, 1.165) is 6.29 Å². The maximum atomic E-state index is 12.3. The van der Waals surface area contributed by atoms with Gasteiger partial charge < -0.3 is 35.5 Å². The van der Waals surface area contributed by atoms with Gasteiger partial charge in [0.05, 0.1) is 33.2 Å². The molecule has 0 saturated carbocycles. The number of aldehydes is 2. The molecule has 1 aliphatic heterocycles. The predicted octanol–water partition coefficient (Wildman–Crippen LogP) is -1.51. The summed E-state index contributed by atoms with van der Waals surface area (Å²) in [5.41, 5.74) is 0. The number of rotatable bonds is 19. The van der Waals surface area contributed by atoms with Crippen LogP contribution in [0.3, 0.4) is 0 Å². The molecule has 39 heavy (non-hydrogen) atoms. The number of amides is 1. The average molecular weight is 559 g/mol. The van der Waals surface area contributed by atoms with Crippen molar-refractivity contribution in [1.29, 1.82) is 0 Å². The Bertz CT molecular complexity index is 830. The van der Waals surface area contributed by atoms with Crippen LogP contribution in [-0.2, 0) is 28.8 Å². The Labute approximate surface area is 228 Å². The molecule has 1 amide bonds. The summed E-state index contributed by atoms with van der Waals surface area (Å²) in [7, 11) is 1.73. The number of carboxylic acids is 3. The lowest BCUT2D eigenvalue weighted by atomic mass is 10.1. The molecule has 222 valence electrons. The number of hydrogen-bond donors (Lipinski definition) is 5. The van der Waals surface area contributed by atoms with E-state index < -0.39 is 36.5 Å². The van der Waals surface area contributed by atoms with Crippen LogP contribution in [0.2, 0.25) is 0 Å². The SMILES string of the molecule is CNCCNC(=O)CCC(C(=O)O)N1CN(CC(=O)O)CN(C(C)CCC=O)CN(C(CCC=O)C(=O)O)C1. The van der Waals surface area contributed by atoms with Gasteiger partial charge in [-0.05, 0) is 33.2 Å². The molecule has 1 fully saturated rings. The van der Waals surface area contributed by atoms with Crippen molar-refractivity contribution < 1.29 is 44.1 Å². The molecule has 0 bridgehead atoms. The molecule has 3 unspecified atom stereocenters. The van der Waals surface area contributed by atoms with E-state index in [4.69, 9.17) is 0 Å². The number of carboxylic acid groups (broad SMARTS) is 3. The minimum absolute atomic E-state index is 0.00627. The van der Waals surface area contributed by atoms with Crippen LogP contribution in [0.15, 0.2) is 0 Å². The van der Waals surface area contributed by atoms with E-state index in [1.165, 1.54) is 9.80 Å². The number of nitrogens with one attached hydrogen (secondary N) is 2. The zero-order valence-corrected chi connectivity index (χ0v) is 22.7. The Hall–Kier alpha value is -2.98. The van der Waals surface area contributed by atoms with Gasteiger partial charge in [0.15, 0.2) is 0 Å². The van der Waals surface area contributed by atoms with Gasteiger partial charge in [-0.15, -0.1) is 0 Å². The van der Waals surface area contributed by atoms with E-state index in [0.29, 0.717) is 25.8 Å². The molecule has 3 atom stereocenters. The summed E-state index contributed by atoms with van der Waals surface area (Å²) in [5.74, 6) is -3.88. The summed E-state index contributed by atoms with van der Waals surface area (Å²) in [6, 6.07) is -2.56. The molecule has 0 aromatic heterocycles. The van der Waals surface area contributed by atoms with Crippen LogP contribution < -0.4 is 10.6 Å². The van der Waals surface area contributed by atoms with Crippen LogP contribution in [0.25, 0.3) is 0 Å². The lowest BCUT2D eigenvalue weighted by molar-refractivity contribution is -0.155. The second-order valence-electron chi connectivity index (χ2n) is 9.59. The van der Waals surface area contributed by atoms with Crippen LogP contribution in [0.5, 0.6) is 0 Å². The summed E-state index contributed by atoms with van der Waals surface area (Å²) < 4.78 is 0. The van der Waals surface area contributed by atoms with Crippen LogP contribution in [0.4, 0.5) is 0 Å². The molecule has 1 saturated heterocycles. The van der Waals surface area contributed by atoms with Gasteiger partial charge in [0.25, 0.3) is 0 Å². The monoisotopic (exact) mass is 558 g/mol. The van der Waals surface area contributed by atoms with E-state index in [2.05, 4.69) is 10.6 Å². The third-order valence-electron chi connectivity index (χ3n) is 6.53. The van der Waals surface area contributed by atoms with E-state index in [1.807, 2.05) is 11.8 Å². The van der Waals surface area contributed by atoms with E-state index in [-0.39, 0.29) is 70.7 Å². The quantitative estimate of drug-likeness (QED) is 0.0905. The number of carbonyl (C=O) groups excluding carboxylic acids is 3. The molecule has 0 aromatic carbocycles. The molecule has 15 heteroatoms. The van der Waals surface area contributed by atoms with Crippen LogP contribution in [0, 0.1) is 0 Å². The fraction of sp³-hybridized carbons (Fsp3) is 0.750. The highest BCUT2D eigenvalue weighted by atomic mass is 16.4. The molecule has 1 rings (SSSR count). The highest BCUT2D eigenvalue weighted by Gasteiger charge is 2.37. The molecule has 0 radical (unpaired) electrons. The maximum absolute atomic E-state index is 12.3. The Balaban J connectivity index is 3.33. The number of likely N-dealkylation sites (N-methyl/N-ethyl adjacent to an activating group) is 1. The lowest BCUT2D eigenvalue weighted by Gasteiger charge is -2.46. The zero-order valence-electron chi connectivity index (χ0n) is 22.7. The first-order valence-electron chi connectivity index (χ1n) is 12.9. The summed E-state index contributed by atoms with van der Waals surface area (Å²) in [6.07, 6.45) is 1.89. The van der Waals surface area contributed by atoms with E-state index in [1.54, 1.807) is 11.9 Å². The molecule has 0 spiro atoms. The van der Waals surface area contributed by atoms with Gasteiger partial charge in [0.2, 0.25) is 5.91 Å². The van der Waals surface area contributed by atoms with Crippen LogP contribution in [0.1, 0.15) is 45.4 Å². The molecule has 1 aliphatic rings. The third kappa shape index (κ3) is 12.6. The molecule has 5 N–H and O–H groups in total. The van der Waals surface area contributed by atoms with Crippen LogP contribution >= 0.6 is 0 Å². The van der Waals surface area contributed by atoms with Gasteiger partial charge in [-0.25, -0.2) is 0 Å². The van der Waals surface area contributed by atoms with Crippen molar-refractivity contribution in [2.24, 2.45) is 0 Å². The number of aliphatic carboxylic acids is 3. The zero-order chi connectivity index (χ0) is 29.4. The van der Waals surface area contributed by atoms with Crippen molar-refractivity contribution in [3.63, 3.8) is 0 Å². The first-order valence-corrected chi connectivity index (χ1v) is 12.9. The van der Waals surface area contributed by atoms with Gasteiger partial charge >= 0.3 is 17.9 Å². The fourth-order valence-corrected chi connectivity index (χ4v) is 4.45. The fourth-order valence-electron chi connectivity index (χ4n) is 4.45. The average Bonchev–Trinajstić information content (AvgIpc) is 2.84. The topological polar surface area (TPSA) is 200 Å². The molecule has 1 heterocycles. The first kappa shape index (κ1) is 34.0. The summed E-state index contributed by atoms with van der Waals surface area (Å²) in [6.45, 7) is 2.14. The van der Waals surface area contributed by atoms with Gasteiger partial charge in [-0.2, -0.15) is 0 Å². The molecular formula is C24H42N6O9. The van der Waals surface area contributed by atoms with E-state index in [9.17, 15) is 44.1 Å². The largest absolute Gasteiger partial charge is 0.480 e. The Kier molecular flexibility index (Phi) is 16.0. The van der Waals surface area contributed by atoms with Gasteiger partial charge in [0.1, 0.15) is 24.7 Å². The standard InChI is InChI=1S/C24H42N6O9/c1-18(5-3-11-31)28-14-27(13-22(34)35)15-29(17-30(16-28)19(23(36)37)6-4-12-32)20(24(38)39)7-8-21(33)26-10-9-25-2/h11-12,18-20,25H,3-10,13-17H2,1-2H3,(H,26,33)(H,34,35)(H,36,37)(H,38,39). The Morgan fingerprint density at radius 3 is 1.90 bits per heavy atom. The molecule has 15 nitrogen and oxygen atoms in total. The van der Waals surface area contributed by atoms with Crippen LogP contribution in [-0.4, -0.2) is 143 Å². The minimum Gasteiger partial charge on any atom is -0.480 e. The van der Waals surface area contributed by atoms with Crippen molar-refractivity contribution in [3.05, 3.63) is 0 Å². The second-order valence-corrected chi connectivity index (χ2v) is 9.59. The maximum Gasteiger partial charge on any atom is 0.321 e. The first-order chi connectivity index (χ1) is 18.5. The third-order valence-corrected chi connectivity index (χ3v) is 6.53. The van der Waals surface area contributed by atoms with Crippen molar-refractivity contribution in [2.75, 3.05) is 53.4 Å².